The molecule has 3 rings (SSSR count). The van der Waals surface area contributed by atoms with Gasteiger partial charge in [0, 0.05) is 6.20 Å². The highest BCUT2D eigenvalue weighted by Gasteiger charge is 2.50. The molecule has 0 aromatic heterocycles. The molecule has 2 aromatic carbocycles. The Balaban J connectivity index is 2.01. The van der Waals surface area contributed by atoms with Gasteiger partial charge >= 0.3 is 6.09 Å². The summed E-state index contributed by atoms with van der Waals surface area (Å²) in [7, 11) is 0. The van der Waals surface area contributed by atoms with Gasteiger partial charge in [0.2, 0.25) is 0 Å². The van der Waals surface area contributed by atoms with Gasteiger partial charge in [-0.05, 0) is 23.1 Å². The summed E-state index contributed by atoms with van der Waals surface area (Å²) in [5.74, 6) is 0.219. The van der Waals surface area contributed by atoms with Crippen LogP contribution in [0.5, 0.6) is 0 Å². The highest BCUT2D eigenvalue weighted by atomic mass is 16.6. The maximum Gasteiger partial charge on any atom is 0.414 e. The number of amides is 1. The van der Waals surface area contributed by atoms with Gasteiger partial charge in [-0.15, -0.1) is 0 Å². The minimum atomic E-state index is -0.469. The van der Waals surface area contributed by atoms with Crippen LogP contribution in [0.4, 0.5) is 4.79 Å². The molecule has 0 bridgehead atoms. The van der Waals surface area contributed by atoms with Gasteiger partial charge in [0.1, 0.15) is 12.1 Å². The fourth-order valence-electron chi connectivity index (χ4n) is 3.12. The maximum absolute atomic E-state index is 12.3. The summed E-state index contributed by atoms with van der Waals surface area (Å²) in [4.78, 5) is 14.1. The van der Waals surface area contributed by atoms with Gasteiger partial charge in [0.15, 0.2) is 0 Å². The first-order valence-corrected chi connectivity index (χ1v) is 7.89. The number of carbonyl (C=O) groups is 1. The number of hydrogen-bond donors (Lipinski definition) is 0. The van der Waals surface area contributed by atoms with Gasteiger partial charge in [-0.3, -0.25) is 4.90 Å². The molecule has 1 atom stereocenters. The predicted octanol–water partition coefficient (Wildman–Crippen LogP) is 4.66. The summed E-state index contributed by atoms with van der Waals surface area (Å²) >= 11 is 0. The molecule has 1 aliphatic heterocycles. The van der Waals surface area contributed by atoms with Crippen LogP contribution in [0.1, 0.15) is 25.0 Å². The Kier molecular flexibility index (Phi) is 4.20. The molecular weight excluding hydrogens is 286 g/mol. The first-order valence-electron chi connectivity index (χ1n) is 7.89. The Morgan fingerprint density at radius 2 is 1.65 bits per heavy atom. The number of benzene rings is 2. The van der Waals surface area contributed by atoms with Crippen molar-refractivity contribution < 1.29 is 9.53 Å². The van der Waals surface area contributed by atoms with Gasteiger partial charge < -0.3 is 4.74 Å². The predicted molar refractivity (Wildman–Crippen MR) is 91.6 cm³/mol. The van der Waals surface area contributed by atoms with Crippen molar-refractivity contribution >= 4 is 12.2 Å². The summed E-state index contributed by atoms with van der Waals surface area (Å²) in [5.41, 5.74) is 1.68. The Bertz CT molecular complexity index is 694. The molecule has 1 saturated heterocycles. The summed E-state index contributed by atoms with van der Waals surface area (Å²) in [6, 6.07) is 20.1. The van der Waals surface area contributed by atoms with Gasteiger partial charge in [-0.2, -0.15) is 0 Å². The molecule has 0 saturated carbocycles. The number of ether oxygens (including phenoxy) is 1. The average molecular weight is 307 g/mol. The van der Waals surface area contributed by atoms with Gasteiger partial charge in [-0.25, -0.2) is 4.79 Å². The molecule has 2 aromatic rings. The molecule has 3 heteroatoms. The lowest BCUT2D eigenvalue weighted by Crippen LogP contribution is -2.45. The van der Waals surface area contributed by atoms with Crippen LogP contribution in [0.3, 0.4) is 0 Å². The number of nitrogens with zero attached hydrogens (tertiary/aromatic N) is 1. The average Bonchev–Trinajstić information content (AvgIpc) is 2.92. The Morgan fingerprint density at radius 3 is 2.26 bits per heavy atom. The number of cyclic esters (lactones) is 1. The van der Waals surface area contributed by atoms with E-state index in [-0.39, 0.29) is 12.0 Å². The van der Waals surface area contributed by atoms with E-state index in [2.05, 4.69) is 26.0 Å². The van der Waals surface area contributed by atoms with Crippen LogP contribution in [0.25, 0.3) is 6.08 Å². The minimum Gasteiger partial charge on any atom is -0.446 e. The van der Waals surface area contributed by atoms with E-state index in [1.807, 2.05) is 60.8 Å². The highest BCUT2D eigenvalue weighted by molar-refractivity contribution is 5.74. The first-order chi connectivity index (χ1) is 11.1. The molecule has 23 heavy (non-hydrogen) atoms. The second-order valence-corrected chi connectivity index (χ2v) is 6.10. The smallest absolute Gasteiger partial charge is 0.414 e. The zero-order valence-electron chi connectivity index (χ0n) is 13.5. The molecule has 1 amide bonds. The Labute approximate surface area is 137 Å². The van der Waals surface area contributed by atoms with E-state index in [0.717, 1.165) is 11.1 Å². The molecular formula is C20H21NO2. The van der Waals surface area contributed by atoms with E-state index in [0.29, 0.717) is 6.61 Å². The fourth-order valence-corrected chi connectivity index (χ4v) is 3.12. The van der Waals surface area contributed by atoms with Crippen LogP contribution in [0, 0.1) is 5.92 Å². The minimum absolute atomic E-state index is 0.219. The van der Waals surface area contributed by atoms with Gasteiger partial charge in [0.25, 0.3) is 0 Å². The maximum atomic E-state index is 12.3. The quantitative estimate of drug-likeness (QED) is 0.822. The van der Waals surface area contributed by atoms with Crippen molar-refractivity contribution in [2.24, 2.45) is 5.92 Å². The molecule has 1 fully saturated rings. The van der Waals surface area contributed by atoms with E-state index in [1.54, 1.807) is 4.90 Å². The van der Waals surface area contributed by atoms with Crippen molar-refractivity contribution in [1.82, 2.24) is 4.90 Å². The van der Waals surface area contributed by atoms with E-state index in [1.165, 1.54) is 0 Å². The summed E-state index contributed by atoms with van der Waals surface area (Å²) < 4.78 is 5.42. The van der Waals surface area contributed by atoms with E-state index >= 15 is 0 Å². The van der Waals surface area contributed by atoms with Crippen molar-refractivity contribution in [1.29, 1.82) is 0 Å². The SMILES string of the molecule is CC(C)[C@@]1(c2ccccc2)COC(=O)N1/C=C/c1ccccc1. The van der Waals surface area contributed by atoms with E-state index < -0.39 is 5.54 Å². The Hall–Kier alpha value is -2.55. The molecule has 0 N–H and O–H groups in total. The van der Waals surface area contributed by atoms with Crippen LogP contribution in [0.15, 0.2) is 66.9 Å². The first kappa shape index (κ1) is 15.3. The van der Waals surface area contributed by atoms with Crippen molar-refractivity contribution in [2.45, 2.75) is 19.4 Å². The lowest BCUT2D eigenvalue weighted by atomic mass is 9.80. The lowest BCUT2D eigenvalue weighted by molar-refractivity contribution is 0.152. The van der Waals surface area contributed by atoms with Crippen LogP contribution >= 0.6 is 0 Å². The van der Waals surface area contributed by atoms with Gasteiger partial charge in [-0.1, -0.05) is 74.5 Å². The lowest BCUT2D eigenvalue weighted by Gasteiger charge is -2.37. The third-order valence-corrected chi connectivity index (χ3v) is 4.49. The Morgan fingerprint density at radius 1 is 1.04 bits per heavy atom. The standard InChI is InChI=1S/C20H21NO2/c1-16(2)20(18-11-7-4-8-12-18)15-23-19(22)21(20)14-13-17-9-5-3-6-10-17/h3-14,16H,15H2,1-2H3/b14-13+/t20-/m1/s1. The van der Waals surface area contributed by atoms with E-state index in [9.17, 15) is 4.79 Å². The van der Waals surface area contributed by atoms with Crippen molar-refractivity contribution in [3.63, 3.8) is 0 Å². The van der Waals surface area contributed by atoms with Crippen LogP contribution in [0.2, 0.25) is 0 Å². The molecule has 1 aliphatic rings. The molecule has 0 aliphatic carbocycles. The summed E-state index contributed by atoms with van der Waals surface area (Å²) in [6.45, 7) is 4.61. The third kappa shape index (κ3) is 2.74. The molecule has 0 spiro atoms. The molecule has 0 unspecified atom stereocenters. The van der Waals surface area contributed by atoms with Crippen molar-refractivity contribution in [2.75, 3.05) is 6.61 Å². The monoisotopic (exact) mass is 307 g/mol. The molecule has 3 nitrogen and oxygen atoms in total. The molecule has 0 radical (unpaired) electrons. The third-order valence-electron chi connectivity index (χ3n) is 4.49. The van der Waals surface area contributed by atoms with Crippen LogP contribution < -0.4 is 0 Å². The zero-order valence-corrected chi connectivity index (χ0v) is 13.5. The topological polar surface area (TPSA) is 29.5 Å². The second-order valence-electron chi connectivity index (χ2n) is 6.10. The number of rotatable bonds is 4. The van der Waals surface area contributed by atoms with Crippen molar-refractivity contribution in [3.05, 3.63) is 78.0 Å². The fraction of sp³-hybridized carbons (Fsp3) is 0.250. The number of carbonyl (C=O) groups excluding carboxylic acids is 1. The van der Waals surface area contributed by atoms with Crippen LogP contribution in [-0.4, -0.2) is 17.6 Å². The largest absolute Gasteiger partial charge is 0.446 e. The molecule has 118 valence electrons. The van der Waals surface area contributed by atoms with Crippen molar-refractivity contribution in [3.8, 4) is 0 Å². The zero-order chi connectivity index (χ0) is 16.3. The molecule has 1 heterocycles. The number of hydrogen-bond acceptors (Lipinski definition) is 2. The summed E-state index contributed by atoms with van der Waals surface area (Å²) in [5, 5.41) is 0. The van der Waals surface area contributed by atoms with E-state index in [4.69, 9.17) is 4.74 Å². The summed E-state index contributed by atoms with van der Waals surface area (Å²) in [6.07, 6.45) is 3.50. The van der Waals surface area contributed by atoms with Gasteiger partial charge in [0.05, 0.1) is 0 Å². The second kappa shape index (κ2) is 6.29. The highest BCUT2D eigenvalue weighted by Crippen LogP contribution is 2.41. The van der Waals surface area contributed by atoms with Crippen LogP contribution in [-0.2, 0) is 10.3 Å². The normalized spacial score (nSPS) is 21.2.